The van der Waals surface area contributed by atoms with Crippen LogP contribution < -0.4 is 5.32 Å². The van der Waals surface area contributed by atoms with Crippen LogP contribution in [0.25, 0.3) is 10.6 Å². The van der Waals surface area contributed by atoms with Crippen molar-refractivity contribution < 1.29 is 14.0 Å². The lowest BCUT2D eigenvalue weighted by molar-refractivity contribution is -0.133. The van der Waals surface area contributed by atoms with Gasteiger partial charge in [-0.1, -0.05) is 48.5 Å². The van der Waals surface area contributed by atoms with Gasteiger partial charge in [0.15, 0.2) is 0 Å². The average molecular weight is 475 g/mol. The summed E-state index contributed by atoms with van der Waals surface area (Å²) in [7, 11) is 0. The molecule has 1 N–H and O–H groups in total. The molecule has 1 unspecified atom stereocenters. The number of carbonyl (C=O) groups is 2. The van der Waals surface area contributed by atoms with Gasteiger partial charge in [0.05, 0.1) is 11.4 Å². The Balaban J connectivity index is 1.47. The van der Waals surface area contributed by atoms with Crippen LogP contribution in [0.2, 0.25) is 0 Å². The molecule has 1 aliphatic rings. The fourth-order valence-corrected chi connectivity index (χ4v) is 4.86. The van der Waals surface area contributed by atoms with Crippen molar-refractivity contribution in [2.45, 2.75) is 32.1 Å². The largest absolute Gasteiger partial charge is 0.350 e. The van der Waals surface area contributed by atoms with Crippen molar-refractivity contribution in [3.63, 3.8) is 0 Å². The summed E-state index contributed by atoms with van der Waals surface area (Å²) in [5.74, 6) is -0.869. The fourth-order valence-electron chi connectivity index (χ4n) is 4.18. The maximum absolute atomic E-state index is 13.7. The minimum atomic E-state index is -1.17. The van der Waals surface area contributed by atoms with Crippen molar-refractivity contribution in [2.75, 3.05) is 0 Å². The van der Waals surface area contributed by atoms with Crippen molar-refractivity contribution >= 4 is 23.2 Å². The molecule has 1 aliphatic heterocycles. The second-order valence-corrected chi connectivity index (χ2v) is 9.46. The lowest BCUT2D eigenvalue weighted by atomic mass is 9.94. The molecule has 0 bridgehead atoms. The van der Waals surface area contributed by atoms with Crippen LogP contribution >= 0.6 is 11.3 Å². The minimum absolute atomic E-state index is 0.224. The van der Waals surface area contributed by atoms with Gasteiger partial charge >= 0.3 is 0 Å². The predicted octanol–water partition coefficient (Wildman–Crippen LogP) is 4.48. The Morgan fingerprint density at radius 1 is 1.09 bits per heavy atom. The van der Waals surface area contributed by atoms with Gasteiger partial charge in [0.2, 0.25) is 5.91 Å². The molecule has 34 heavy (non-hydrogen) atoms. The monoisotopic (exact) mass is 474 g/mol. The second-order valence-electron chi connectivity index (χ2n) is 8.51. The van der Waals surface area contributed by atoms with E-state index in [0.717, 1.165) is 16.0 Å². The fraction of sp³-hybridized carbons (Fsp3) is 0.192. The van der Waals surface area contributed by atoms with Gasteiger partial charge in [-0.25, -0.2) is 4.39 Å². The molecule has 2 amide bonds. The Kier molecular flexibility index (Phi) is 5.75. The van der Waals surface area contributed by atoms with E-state index in [1.54, 1.807) is 46.0 Å². The Labute approximate surface area is 200 Å². The van der Waals surface area contributed by atoms with E-state index < -0.39 is 5.54 Å². The summed E-state index contributed by atoms with van der Waals surface area (Å²) in [5, 5.41) is 9.55. The molecule has 5 rings (SSSR count). The molecule has 6 nitrogen and oxygen atoms in total. The Morgan fingerprint density at radius 2 is 1.85 bits per heavy atom. The van der Waals surface area contributed by atoms with E-state index in [9.17, 15) is 14.0 Å². The van der Waals surface area contributed by atoms with Crippen LogP contribution in [0.1, 0.15) is 28.5 Å². The van der Waals surface area contributed by atoms with E-state index in [2.05, 4.69) is 10.4 Å². The van der Waals surface area contributed by atoms with Crippen molar-refractivity contribution in [3.8, 4) is 10.6 Å². The molecule has 3 heterocycles. The first-order valence-electron chi connectivity index (χ1n) is 10.9. The number of thiophene rings is 1. The van der Waals surface area contributed by atoms with Crippen molar-refractivity contribution in [1.29, 1.82) is 0 Å². The van der Waals surface area contributed by atoms with Gasteiger partial charge in [-0.05, 0) is 47.7 Å². The van der Waals surface area contributed by atoms with Gasteiger partial charge < -0.3 is 10.2 Å². The second kappa shape index (κ2) is 8.87. The van der Waals surface area contributed by atoms with E-state index in [1.165, 1.54) is 12.1 Å². The molecular formula is C26H23FN4O2S. The number of rotatable bonds is 6. The molecular weight excluding hydrogens is 451 g/mol. The van der Waals surface area contributed by atoms with Crippen molar-refractivity contribution in [3.05, 3.63) is 101 Å². The number of nitrogens with one attached hydrogen (secondary N) is 1. The van der Waals surface area contributed by atoms with Gasteiger partial charge in [0.25, 0.3) is 5.91 Å². The highest BCUT2D eigenvalue weighted by molar-refractivity contribution is 7.13. The highest BCUT2D eigenvalue weighted by atomic mass is 32.1. The first kappa shape index (κ1) is 22.0. The Bertz CT molecular complexity index is 1320. The number of nitrogens with zero attached hydrogens (tertiary/aromatic N) is 3. The number of carbonyl (C=O) groups excluding carboxylic acids is 2. The molecule has 0 spiro atoms. The average Bonchev–Trinajstić information content (AvgIpc) is 3.52. The Morgan fingerprint density at radius 3 is 2.56 bits per heavy atom. The molecule has 2 aromatic carbocycles. The lowest BCUT2D eigenvalue weighted by Gasteiger charge is -2.43. The molecule has 2 aromatic heterocycles. The third-order valence-corrected chi connectivity index (χ3v) is 7.00. The molecule has 0 radical (unpaired) electrons. The molecule has 172 valence electrons. The summed E-state index contributed by atoms with van der Waals surface area (Å²) >= 11 is 1.55. The maximum atomic E-state index is 13.7. The minimum Gasteiger partial charge on any atom is -0.350 e. The number of aromatic nitrogens is 2. The van der Waals surface area contributed by atoms with Crippen LogP contribution in [0.15, 0.2) is 78.2 Å². The van der Waals surface area contributed by atoms with Gasteiger partial charge in [-0.3, -0.25) is 14.3 Å². The summed E-state index contributed by atoms with van der Waals surface area (Å²) in [6.45, 7) is 2.51. The highest BCUT2D eigenvalue weighted by Crippen LogP contribution is 2.32. The summed E-state index contributed by atoms with van der Waals surface area (Å²) < 4.78 is 14.9. The number of benzene rings is 2. The smallest absolute Gasteiger partial charge is 0.273 e. The highest BCUT2D eigenvalue weighted by Gasteiger charge is 2.48. The van der Waals surface area contributed by atoms with Crippen molar-refractivity contribution in [2.24, 2.45) is 0 Å². The lowest BCUT2D eigenvalue weighted by Crippen LogP contribution is -2.63. The SMILES string of the molecule is CC1(C(=O)NCc2ccc(F)cc2)Cn2nc(-c3cccs3)cc2C(=O)N1Cc1ccccc1. The first-order valence-corrected chi connectivity index (χ1v) is 11.8. The van der Waals surface area contributed by atoms with Crippen LogP contribution in [0.3, 0.4) is 0 Å². The summed E-state index contributed by atoms with van der Waals surface area (Å²) in [6, 6.07) is 21.3. The third-order valence-electron chi connectivity index (χ3n) is 6.11. The van der Waals surface area contributed by atoms with Gasteiger partial charge in [-0.2, -0.15) is 5.10 Å². The maximum Gasteiger partial charge on any atom is 0.273 e. The first-order chi connectivity index (χ1) is 16.4. The number of amides is 2. The van der Waals surface area contributed by atoms with Crippen LogP contribution in [0.5, 0.6) is 0 Å². The van der Waals surface area contributed by atoms with E-state index in [4.69, 9.17) is 0 Å². The molecule has 1 atom stereocenters. The van der Waals surface area contributed by atoms with Gasteiger partial charge in [-0.15, -0.1) is 11.3 Å². The third kappa shape index (κ3) is 4.12. The van der Waals surface area contributed by atoms with Crippen LogP contribution in [0, 0.1) is 5.82 Å². The van der Waals surface area contributed by atoms with Gasteiger partial charge in [0, 0.05) is 13.1 Å². The molecule has 8 heteroatoms. The molecule has 0 aliphatic carbocycles. The number of fused-ring (bicyclic) bond motifs is 1. The van der Waals surface area contributed by atoms with Crippen LogP contribution in [-0.2, 0) is 24.4 Å². The number of halogens is 1. The quantitative estimate of drug-likeness (QED) is 0.448. The standard InChI is InChI=1S/C26H23FN4O2S/c1-26(25(33)28-15-18-9-11-20(27)12-10-18)17-31-22(14-21(29-31)23-8-5-13-34-23)24(32)30(26)16-19-6-3-2-4-7-19/h2-14H,15-17H2,1H3,(H,28,33). The van der Waals surface area contributed by atoms with Crippen LogP contribution in [0.4, 0.5) is 4.39 Å². The van der Waals surface area contributed by atoms with E-state index >= 15 is 0 Å². The molecule has 4 aromatic rings. The van der Waals surface area contributed by atoms with E-state index in [-0.39, 0.29) is 30.7 Å². The summed E-state index contributed by atoms with van der Waals surface area (Å²) in [6.07, 6.45) is 0. The predicted molar refractivity (Wildman–Crippen MR) is 129 cm³/mol. The number of hydrogen-bond donors (Lipinski definition) is 1. The summed E-state index contributed by atoms with van der Waals surface area (Å²) in [4.78, 5) is 29.8. The zero-order valence-electron chi connectivity index (χ0n) is 18.6. The molecule has 0 saturated carbocycles. The van der Waals surface area contributed by atoms with Crippen LogP contribution in [-0.4, -0.2) is 32.0 Å². The number of hydrogen-bond acceptors (Lipinski definition) is 4. The zero-order valence-corrected chi connectivity index (χ0v) is 19.4. The topological polar surface area (TPSA) is 67.2 Å². The van der Waals surface area contributed by atoms with E-state index in [0.29, 0.717) is 17.9 Å². The van der Waals surface area contributed by atoms with E-state index in [1.807, 2.05) is 47.8 Å². The summed E-state index contributed by atoms with van der Waals surface area (Å²) in [5.41, 5.74) is 1.71. The normalized spacial score (nSPS) is 17.5. The van der Waals surface area contributed by atoms with Gasteiger partial charge in [0.1, 0.15) is 22.7 Å². The molecule has 0 fully saturated rings. The Hall–Kier alpha value is -3.78. The van der Waals surface area contributed by atoms with Crippen molar-refractivity contribution in [1.82, 2.24) is 20.0 Å². The zero-order chi connectivity index (χ0) is 23.7. The molecule has 0 saturated heterocycles.